The van der Waals surface area contributed by atoms with Crippen molar-refractivity contribution in [1.82, 2.24) is 9.88 Å². The number of nitrogens with zero attached hydrogens (tertiary/aromatic N) is 2. The van der Waals surface area contributed by atoms with Crippen LogP contribution in [0.5, 0.6) is 0 Å². The average molecular weight is 491 g/mol. The van der Waals surface area contributed by atoms with Crippen LogP contribution in [0.4, 0.5) is 4.79 Å². The van der Waals surface area contributed by atoms with E-state index in [9.17, 15) is 13.2 Å². The molecule has 2 aromatic rings. The molecule has 1 amide bonds. The Balaban J connectivity index is 1.17. The third-order valence-corrected chi connectivity index (χ3v) is 9.90. The zero-order valence-electron chi connectivity index (χ0n) is 19.8. The number of pyridine rings is 1. The predicted molar refractivity (Wildman–Crippen MR) is 135 cm³/mol. The molecule has 0 radical (unpaired) electrons. The number of benzene rings is 1. The van der Waals surface area contributed by atoms with Crippen LogP contribution in [0, 0.1) is 0 Å². The number of rotatable bonds is 5. The van der Waals surface area contributed by atoms with Gasteiger partial charge in [0.1, 0.15) is 6.10 Å². The quantitative estimate of drug-likeness (QED) is 0.566. The summed E-state index contributed by atoms with van der Waals surface area (Å²) in [5, 5.41) is -0.202. The first kappa shape index (κ1) is 22.5. The second kappa shape index (κ2) is 8.94. The molecule has 0 unspecified atom stereocenters. The van der Waals surface area contributed by atoms with Crippen molar-refractivity contribution in [3.63, 3.8) is 0 Å². The molecule has 1 aromatic heterocycles. The highest BCUT2D eigenvalue weighted by Crippen LogP contribution is 2.38. The van der Waals surface area contributed by atoms with E-state index in [1.807, 2.05) is 18.3 Å². The second-order valence-corrected chi connectivity index (χ2v) is 12.3. The first-order valence-corrected chi connectivity index (χ1v) is 14.2. The van der Waals surface area contributed by atoms with E-state index < -0.39 is 9.84 Å². The number of allylic oxidation sites excluding steroid dienone is 2. The minimum Gasteiger partial charge on any atom is -0.446 e. The fourth-order valence-electron chi connectivity index (χ4n) is 5.37. The molecule has 6 rings (SSSR count). The van der Waals surface area contributed by atoms with Crippen molar-refractivity contribution in [2.24, 2.45) is 0 Å². The molecular weight excluding hydrogens is 460 g/mol. The summed E-state index contributed by atoms with van der Waals surface area (Å²) in [5.74, 6) is 0. The fourth-order valence-corrected chi connectivity index (χ4v) is 7.03. The SMILES string of the molecule is O=C(OC1CCCC1)N1CC=C(C2=CCc3ncc(-c4ccc(S(=O)(=O)C5CC5)cc4)cc32)CC1. The molecule has 6 nitrogen and oxygen atoms in total. The highest BCUT2D eigenvalue weighted by molar-refractivity contribution is 7.92. The molecule has 1 aliphatic heterocycles. The molecule has 0 atom stereocenters. The molecule has 0 saturated heterocycles. The van der Waals surface area contributed by atoms with Crippen molar-refractivity contribution < 1.29 is 17.9 Å². The summed E-state index contributed by atoms with van der Waals surface area (Å²) in [6.45, 7) is 1.23. The van der Waals surface area contributed by atoms with E-state index in [2.05, 4.69) is 18.2 Å². The summed E-state index contributed by atoms with van der Waals surface area (Å²) >= 11 is 0. The van der Waals surface area contributed by atoms with Crippen molar-refractivity contribution in [2.75, 3.05) is 13.1 Å². The zero-order chi connectivity index (χ0) is 24.0. The van der Waals surface area contributed by atoms with Gasteiger partial charge in [-0.15, -0.1) is 0 Å². The molecule has 2 fully saturated rings. The van der Waals surface area contributed by atoms with Crippen LogP contribution in [-0.2, 0) is 21.0 Å². The Bertz CT molecular complexity index is 1320. The Morgan fingerprint density at radius 2 is 1.77 bits per heavy atom. The van der Waals surface area contributed by atoms with Crippen molar-refractivity contribution in [2.45, 2.75) is 67.6 Å². The Morgan fingerprint density at radius 1 is 1.00 bits per heavy atom. The van der Waals surface area contributed by atoms with Crippen LogP contribution >= 0.6 is 0 Å². The van der Waals surface area contributed by atoms with Crippen LogP contribution in [0.2, 0.25) is 0 Å². The minimum atomic E-state index is -3.18. The number of hydrogen-bond acceptors (Lipinski definition) is 5. The number of sulfone groups is 1. The molecule has 0 bridgehead atoms. The van der Waals surface area contributed by atoms with Crippen LogP contribution in [0.25, 0.3) is 16.7 Å². The molecule has 0 N–H and O–H groups in total. The number of aromatic nitrogens is 1. The van der Waals surface area contributed by atoms with Gasteiger partial charge < -0.3 is 9.64 Å². The lowest BCUT2D eigenvalue weighted by Crippen LogP contribution is -2.37. The van der Waals surface area contributed by atoms with Gasteiger partial charge in [0.25, 0.3) is 0 Å². The highest BCUT2D eigenvalue weighted by atomic mass is 32.2. The van der Waals surface area contributed by atoms with Gasteiger partial charge in [-0.2, -0.15) is 0 Å². The van der Waals surface area contributed by atoms with E-state index in [1.54, 1.807) is 17.0 Å². The fraction of sp³-hybridized carbons (Fsp3) is 0.429. The smallest absolute Gasteiger partial charge is 0.410 e. The lowest BCUT2D eigenvalue weighted by molar-refractivity contribution is 0.0676. The van der Waals surface area contributed by atoms with Gasteiger partial charge in [0.05, 0.1) is 15.8 Å². The molecule has 0 spiro atoms. The van der Waals surface area contributed by atoms with E-state index in [1.165, 1.54) is 11.1 Å². The van der Waals surface area contributed by atoms with Crippen LogP contribution < -0.4 is 0 Å². The standard InChI is InChI=1S/C28H30N2O4S/c31-28(34-22-3-1-2-4-22)30-15-13-20(14-16-30)25-11-12-27-26(25)17-21(18-29-27)19-5-7-23(8-6-19)35(32,33)24-9-10-24/h5-8,11,13,17-18,22,24H,1-4,9-10,12,14-16H2. The normalized spacial score (nSPS) is 20.4. The molecule has 3 aliphatic carbocycles. The van der Waals surface area contributed by atoms with Crippen molar-refractivity contribution in [1.29, 1.82) is 0 Å². The number of fused-ring (bicyclic) bond motifs is 1. The molecule has 35 heavy (non-hydrogen) atoms. The van der Waals surface area contributed by atoms with Crippen molar-refractivity contribution in [3.8, 4) is 11.1 Å². The number of carbonyl (C=O) groups is 1. The first-order valence-electron chi connectivity index (χ1n) is 12.7. The van der Waals surface area contributed by atoms with Gasteiger partial charge in [-0.05, 0) is 79.9 Å². The number of ether oxygens (including phenoxy) is 1. The van der Waals surface area contributed by atoms with Gasteiger partial charge in [0, 0.05) is 36.8 Å². The molecule has 1 aromatic carbocycles. The number of carbonyl (C=O) groups excluding carboxylic acids is 1. The van der Waals surface area contributed by atoms with Crippen molar-refractivity contribution >= 4 is 21.5 Å². The highest BCUT2D eigenvalue weighted by Gasteiger charge is 2.36. The van der Waals surface area contributed by atoms with Crippen LogP contribution in [-0.4, -0.2) is 48.8 Å². The van der Waals surface area contributed by atoms with E-state index in [0.29, 0.717) is 18.0 Å². The molecule has 182 valence electrons. The van der Waals surface area contributed by atoms with E-state index >= 15 is 0 Å². The zero-order valence-corrected chi connectivity index (χ0v) is 20.6. The molecule has 2 saturated carbocycles. The number of amides is 1. The summed E-state index contributed by atoms with van der Waals surface area (Å²) in [4.78, 5) is 19.4. The average Bonchev–Trinajstić information content (AvgIpc) is 3.48. The largest absolute Gasteiger partial charge is 0.446 e. The maximum atomic E-state index is 12.5. The maximum absolute atomic E-state index is 12.5. The molecule has 4 aliphatic rings. The predicted octanol–water partition coefficient (Wildman–Crippen LogP) is 5.34. The summed E-state index contributed by atoms with van der Waals surface area (Å²) in [5.41, 5.74) is 6.57. The summed E-state index contributed by atoms with van der Waals surface area (Å²) in [6.07, 6.45) is 13.5. The topological polar surface area (TPSA) is 76.6 Å². The van der Waals surface area contributed by atoms with Crippen LogP contribution in [0.1, 0.15) is 56.2 Å². The Kier molecular flexibility index (Phi) is 5.75. The van der Waals surface area contributed by atoms with Crippen LogP contribution in [0.3, 0.4) is 0 Å². The van der Waals surface area contributed by atoms with Gasteiger partial charge in [0.2, 0.25) is 0 Å². The third kappa shape index (κ3) is 4.42. The van der Waals surface area contributed by atoms with Gasteiger partial charge in [-0.3, -0.25) is 4.98 Å². The molecular formula is C28H30N2O4S. The Hall–Kier alpha value is -2.93. The second-order valence-electron chi connectivity index (χ2n) is 10.0. The van der Waals surface area contributed by atoms with Gasteiger partial charge in [-0.25, -0.2) is 13.2 Å². The third-order valence-electron chi connectivity index (χ3n) is 7.62. The van der Waals surface area contributed by atoms with E-state index in [-0.39, 0.29) is 17.4 Å². The monoisotopic (exact) mass is 490 g/mol. The lowest BCUT2D eigenvalue weighted by Gasteiger charge is -2.27. The van der Waals surface area contributed by atoms with Gasteiger partial charge in [0.15, 0.2) is 9.84 Å². The minimum absolute atomic E-state index is 0.0877. The maximum Gasteiger partial charge on any atom is 0.410 e. The Morgan fingerprint density at radius 3 is 2.46 bits per heavy atom. The van der Waals surface area contributed by atoms with E-state index in [4.69, 9.17) is 9.72 Å². The van der Waals surface area contributed by atoms with Crippen molar-refractivity contribution in [3.05, 3.63) is 65.5 Å². The summed E-state index contributed by atoms with van der Waals surface area (Å²) in [6, 6.07) is 9.36. The molecule has 7 heteroatoms. The first-order chi connectivity index (χ1) is 17.0. The lowest BCUT2D eigenvalue weighted by atomic mass is 9.94. The van der Waals surface area contributed by atoms with Gasteiger partial charge >= 0.3 is 6.09 Å². The number of hydrogen-bond donors (Lipinski definition) is 0. The summed E-state index contributed by atoms with van der Waals surface area (Å²) < 4.78 is 30.7. The van der Waals surface area contributed by atoms with E-state index in [0.717, 1.165) is 73.8 Å². The van der Waals surface area contributed by atoms with Gasteiger partial charge in [-0.1, -0.05) is 24.3 Å². The summed E-state index contributed by atoms with van der Waals surface area (Å²) in [7, 11) is -3.18. The molecule has 2 heterocycles. The Labute approximate surface area is 206 Å². The van der Waals surface area contributed by atoms with Crippen LogP contribution in [0.15, 0.2) is 59.1 Å².